The molecule has 0 radical (unpaired) electrons. The van der Waals surface area contributed by atoms with Crippen molar-refractivity contribution in [3.63, 3.8) is 0 Å². The molecule has 0 atom stereocenters. The Kier molecular flexibility index (Phi) is 4.33. The number of nitrogens with zero attached hydrogens (tertiary/aromatic N) is 2. The van der Waals surface area contributed by atoms with Crippen LogP contribution in [0.25, 0.3) is 5.13 Å². The fourth-order valence-electron chi connectivity index (χ4n) is 2.28. The average Bonchev–Trinajstić information content (AvgIpc) is 3.16. The standard InChI is InChI=1S/C17H11N3O4S/c1-24-12-2-3-14(21)13(7-12)15(22)11-6-10(8-18)16(23)20(9-11)17-19-4-5-25-17/h2-7,9,21H,1H3/p+1. The molecule has 0 aliphatic carbocycles. The first-order valence-electron chi connectivity index (χ1n) is 7.09. The minimum atomic E-state index is -0.535. The molecule has 0 bridgehead atoms. The van der Waals surface area contributed by atoms with E-state index >= 15 is 0 Å². The lowest BCUT2D eigenvalue weighted by Gasteiger charge is -2.07. The molecule has 0 saturated heterocycles. The molecule has 2 aromatic heterocycles. The van der Waals surface area contributed by atoms with Crippen LogP contribution in [0.5, 0.6) is 11.5 Å². The number of rotatable bonds is 4. The lowest BCUT2D eigenvalue weighted by Crippen LogP contribution is -2.25. The van der Waals surface area contributed by atoms with Crippen molar-refractivity contribution >= 4 is 17.1 Å². The van der Waals surface area contributed by atoms with Gasteiger partial charge in [0.25, 0.3) is 0 Å². The summed E-state index contributed by atoms with van der Waals surface area (Å²) in [6.45, 7) is 0. The molecule has 3 rings (SSSR count). The van der Waals surface area contributed by atoms with Gasteiger partial charge in [-0.25, -0.2) is 9.78 Å². The Balaban J connectivity index is 2.18. The van der Waals surface area contributed by atoms with Gasteiger partial charge in [-0.1, -0.05) is 11.3 Å². The van der Waals surface area contributed by atoms with Gasteiger partial charge in [-0.15, -0.1) is 0 Å². The number of aromatic nitrogens is 2. The molecule has 124 valence electrons. The summed E-state index contributed by atoms with van der Waals surface area (Å²) < 4.78 is 6.27. The Labute approximate surface area is 146 Å². The van der Waals surface area contributed by atoms with Crippen LogP contribution in [-0.4, -0.2) is 22.6 Å². The largest absolute Gasteiger partial charge is 0.507 e. The summed E-state index contributed by atoms with van der Waals surface area (Å²) in [6.07, 6.45) is 2.98. The Morgan fingerprint density at radius 1 is 1.40 bits per heavy atom. The molecular weight excluding hydrogens is 342 g/mol. The normalized spacial score (nSPS) is 10.2. The number of thiazole rings is 1. The third-order valence-corrected chi connectivity index (χ3v) is 4.33. The summed E-state index contributed by atoms with van der Waals surface area (Å²) in [4.78, 5) is 28.0. The van der Waals surface area contributed by atoms with Crippen molar-refractivity contribution in [1.82, 2.24) is 4.57 Å². The summed E-state index contributed by atoms with van der Waals surface area (Å²) in [5.41, 5.74) is -0.590. The van der Waals surface area contributed by atoms with Crippen LogP contribution in [0.2, 0.25) is 0 Å². The summed E-state index contributed by atoms with van der Waals surface area (Å²) >= 11 is 1.25. The SMILES string of the molecule is COc1ccc(O)c(C(=O)c2cc(C#N)c(=O)n(-c3[nH+]ccs3)c2)c1. The van der Waals surface area contributed by atoms with Gasteiger partial charge in [0.05, 0.1) is 24.4 Å². The lowest BCUT2D eigenvalue weighted by atomic mass is 10.0. The summed E-state index contributed by atoms with van der Waals surface area (Å²) in [5, 5.41) is 21.4. The highest BCUT2D eigenvalue weighted by Gasteiger charge is 2.22. The molecule has 3 aromatic rings. The summed E-state index contributed by atoms with van der Waals surface area (Å²) in [5.74, 6) is -0.343. The van der Waals surface area contributed by atoms with Gasteiger partial charge >= 0.3 is 10.7 Å². The zero-order valence-corrected chi connectivity index (χ0v) is 13.8. The Bertz CT molecular complexity index is 1050. The van der Waals surface area contributed by atoms with Crippen molar-refractivity contribution in [1.29, 1.82) is 5.26 Å². The Hall–Kier alpha value is -3.44. The fraction of sp³-hybridized carbons (Fsp3) is 0.0588. The second-order valence-corrected chi connectivity index (χ2v) is 5.91. The van der Waals surface area contributed by atoms with E-state index in [1.54, 1.807) is 17.6 Å². The van der Waals surface area contributed by atoms with Crippen LogP contribution in [0.3, 0.4) is 0 Å². The van der Waals surface area contributed by atoms with E-state index in [0.717, 1.165) is 0 Å². The second-order valence-electron chi connectivity index (χ2n) is 5.01. The van der Waals surface area contributed by atoms with Crippen LogP contribution in [-0.2, 0) is 0 Å². The number of phenolic OH excluding ortho intramolecular Hbond substituents is 1. The molecule has 25 heavy (non-hydrogen) atoms. The number of methoxy groups -OCH3 is 1. The molecule has 8 heteroatoms. The van der Waals surface area contributed by atoms with Crippen LogP contribution in [0, 0.1) is 11.3 Å². The zero-order chi connectivity index (χ0) is 18.0. The van der Waals surface area contributed by atoms with Crippen LogP contribution < -0.4 is 15.3 Å². The van der Waals surface area contributed by atoms with E-state index in [0.29, 0.717) is 10.9 Å². The predicted molar refractivity (Wildman–Crippen MR) is 89.3 cm³/mol. The van der Waals surface area contributed by atoms with Gasteiger partial charge in [0.2, 0.25) is 5.78 Å². The van der Waals surface area contributed by atoms with Crippen molar-refractivity contribution in [2.24, 2.45) is 0 Å². The second kappa shape index (κ2) is 6.59. The molecule has 0 amide bonds. The van der Waals surface area contributed by atoms with Crippen molar-refractivity contribution in [2.75, 3.05) is 7.11 Å². The number of hydrogen-bond acceptors (Lipinski definition) is 6. The zero-order valence-electron chi connectivity index (χ0n) is 13.0. The van der Waals surface area contributed by atoms with Crippen LogP contribution in [0.4, 0.5) is 0 Å². The van der Waals surface area contributed by atoms with Gasteiger partial charge in [-0.3, -0.25) is 4.79 Å². The molecule has 7 nitrogen and oxygen atoms in total. The minimum Gasteiger partial charge on any atom is -0.507 e. The first-order chi connectivity index (χ1) is 12.0. The average molecular weight is 354 g/mol. The molecule has 0 unspecified atom stereocenters. The Morgan fingerprint density at radius 2 is 2.20 bits per heavy atom. The van der Waals surface area contributed by atoms with Crippen LogP contribution in [0.15, 0.2) is 46.8 Å². The number of aromatic hydroxyl groups is 1. The molecule has 0 spiro atoms. The van der Waals surface area contributed by atoms with Gasteiger partial charge in [0.15, 0.2) is 0 Å². The molecule has 2 N–H and O–H groups in total. The van der Waals surface area contributed by atoms with E-state index in [1.807, 2.05) is 0 Å². The molecular formula is C17H12N3O4S+. The first kappa shape index (κ1) is 16.4. The maximum atomic E-state index is 12.8. The van der Waals surface area contributed by atoms with Gasteiger partial charge in [-0.2, -0.15) is 9.83 Å². The molecule has 0 aliphatic heterocycles. The van der Waals surface area contributed by atoms with E-state index in [2.05, 4.69) is 4.98 Å². The van der Waals surface area contributed by atoms with E-state index < -0.39 is 11.3 Å². The van der Waals surface area contributed by atoms with Crippen molar-refractivity contribution in [3.05, 3.63) is 69.1 Å². The highest BCUT2D eigenvalue weighted by atomic mass is 32.1. The number of ketones is 1. The number of ether oxygens (including phenoxy) is 1. The highest BCUT2D eigenvalue weighted by Crippen LogP contribution is 2.25. The minimum absolute atomic E-state index is 0.0172. The number of carbonyl (C=O) groups excluding carboxylic acids is 1. The van der Waals surface area contributed by atoms with Gasteiger partial charge in [-0.05, 0) is 24.3 Å². The number of H-pyrrole nitrogens is 1. The third kappa shape index (κ3) is 3.00. The monoisotopic (exact) mass is 354 g/mol. The summed E-state index contributed by atoms with van der Waals surface area (Å²) in [7, 11) is 1.45. The number of pyridine rings is 1. The number of benzene rings is 1. The quantitative estimate of drug-likeness (QED) is 0.715. The Morgan fingerprint density at radius 3 is 2.84 bits per heavy atom. The van der Waals surface area contributed by atoms with E-state index in [4.69, 9.17) is 4.74 Å². The van der Waals surface area contributed by atoms with E-state index in [1.165, 1.54) is 53.5 Å². The van der Waals surface area contributed by atoms with Crippen molar-refractivity contribution in [3.8, 4) is 22.7 Å². The van der Waals surface area contributed by atoms with Gasteiger partial charge in [0, 0.05) is 5.38 Å². The number of aromatic amines is 1. The van der Waals surface area contributed by atoms with Crippen molar-refractivity contribution in [2.45, 2.75) is 0 Å². The lowest BCUT2D eigenvalue weighted by molar-refractivity contribution is -0.366. The summed E-state index contributed by atoms with van der Waals surface area (Å²) in [6, 6.07) is 7.28. The molecule has 0 fully saturated rings. The number of phenols is 1. The number of hydrogen-bond donors (Lipinski definition) is 1. The third-order valence-electron chi connectivity index (χ3n) is 3.52. The molecule has 1 aromatic carbocycles. The molecule has 0 saturated carbocycles. The van der Waals surface area contributed by atoms with E-state index in [-0.39, 0.29) is 22.4 Å². The van der Waals surface area contributed by atoms with Gasteiger partial charge in [0.1, 0.15) is 29.3 Å². The highest BCUT2D eigenvalue weighted by molar-refractivity contribution is 7.11. The first-order valence-corrected chi connectivity index (χ1v) is 7.97. The number of nitrogens with one attached hydrogen (secondary N) is 1. The predicted octanol–water partition coefficient (Wildman–Crippen LogP) is 1.53. The fourth-order valence-corrected chi connectivity index (χ4v) is 2.93. The smallest absolute Gasteiger partial charge is 0.357 e. The van der Waals surface area contributed by atoms with Gasteiger partial charge < -0.3 is 9.84 Å². The maximum absolute atomic E-state index is 12.8. The molecule has 0 aliphatic rings. The van der Waals surface area contributed by atoms with Crippen molar-refractivity contribution < 1.29 is 19.6 Å². The van der Waals surface area contributed by atoms with E-state index in [9.17, 15) is 20.0 Å². The topological polar surface area (TPSA) is 106 Å². The maximum Gasteiger partial charge on any atom is 0.357 e. The number of nitriles is 1. The number of carbonyl (C=O) groups is 1. The van der Waals surface area contributed by atoms with Crippen LogP contribution >= 0.6 is 11.3 Å². The van der Waals surface area contributed by atoms with Crippen LogP contribution in [0.1, 0.15) is 21.5 Å². The molecule has 2 heterocycles.